The first-order valence-corrected chi connectivity index (χ1v) is 10.4. The average molecular weight is 493 g/mol. The normalized spacial score (nSPS) is 11.6. The van der Waals surface area contributed by atoms with Gasteiger partial charge in [-0.05, 0) is 36.4 Å². The van der Waals surface area contributed by atoms with Crippen LogP contribution in [0.5, 0.6) is 0 Å². The second-order valence-electron chi connectivity index (χ2n) is 6.14. The molecule has 5 nitrogen and oxygen atoms in total. The fourth-order valence-corrected chi connectivity index (χ4v) is 3.62. The van der Waals surface area contributed by atoms with Crippen molar-refractivity contribution < 1.29 is 17.7 Å². The van der Waals surface area contributed by atoms with Crippen molar-refractivity contribution in [2.24, 2.45) is 0 Å². The van der Waals surface area contributed by atoms with Crippen LogP contribution in [0.15, 0.2) is 74.7 Å². The third kappa shape index (κ3) is 4.88. The van der Waals surface area contributed by atoms with Crippen molar-refractivity contribution in [3.05, 3.63) is 76.6 Å². The van der Waals surface area contributed by atoms with Crippen molar-refractivity contribution in [2.45, 2.75) is 17.0 Å². The highest BCUT2D eigenvalue weighted by Crippen LogP contribution is 2.31. The molecule has 30 heavy (non-hydrogen) atoms. The third-order valence-corrected chi connectivity index (χ3v) is 5.44. The molecule has 0 amide bonds. The Kier molecular flexibility index (Phi) is 5.87. The van der Waals surface area contributed by atoms with Gasteiger partial charge in [-0.3, -0.25) is 0 Å². The van der Waals surface area contributed by atoms with Crippen LogP contribution in [0, 0.1) is 0 Å². The quantitative estimate of drug-likeness (QED) is 0.306. The summed E-state index contributed by atoms with van der Waals surface area (Å²) in [6.45, 7) is 0. The first-order chi connectivity index (χ1) is 14.4. The molecule has 0 unspecified atom stereocenters. The fourth-order valence-electron chi connectivity index (χ4n) is 2.57. The molecule has 0 saturated heterocycles. The molecule has 4 rings (SSSR count). The smallest absolute Gasteiger partial charge is 0.338 e. The molecule has 0 aliphatic carbocycles. The second-order valence-corrected chi connectivity index (χ2v) is 8.05. The second kappa shape index (κ2) is 8.57. The average Bonchev–Trinajstić information content (AvgIpc) is 3.21. The molecule has 4 aromatic rings. The molecule has 0 saturated carbocycles. The Morgan fingerprint density at radius 2 is 1.73 bits per heavy atom. The number of thioether (sulfide) groups is 1. The van der Waals surface area contributed by atoms with Crippen LogP contribution in [0.25, 0.3) is 22.6 Å². The van der Waals surface area contributed by atoms with Crippen LogP contribution in [0.3, 0.4) is 0 Å². The van der Waals surface area contributed by atoms with Gasteiger partial charge in [0.1, 0.15) is 5.03 Å². The van der Waals surface area contributed by atoms with Gasteiger partial charge in [-0.15, -0.1) is 10.2 Å². The zero-order chi connectivity index (χ0) is 21.1. The predicted molar refractivity (Wildman–Crippen MR) is 109 cm³/mol. The number of aromatic nitrogens is 4. The molecule has 0 atom stereocenters. The Hall–Kier alpha value is -2.72. The topological polar surface area (TPSA) is 64.7 Å². The summed E-state index contributed by atoms with van der Waals surface area (Å²) in [5, 5.41) is 12.9. The monoisotopic (exact) mass is 492 g/mol. The van der Waals surface area contributed by atoms with Crippen molar-refractivity contribution in [2.75, 3.05) is 0 Å². The number of alkyl halides is 3. The molecule has 2 heterocycles. The fraction of sp³-hybridized carbons (Fsp3) is 0.100. The Balaban J connectivity index is 1.40. The summed E-state index contributed by atoms with van der Waals surface area (Å²) < 4.78 is 44.1. The zero-order valence-electron chi connectivity index (χ0n) is 15.1. The van der Waals surface area contributed by atoms with Gasteiger partial charge in [0.15, 0.2) is 0 Å². The molecule has 0 spiro atoms. The molecule has 2 aromatic carbocycles. The van der Waals surface area contributed by atoms with Gasteiger partial charge in [-0.25, -0.2) is 0 Å². The van der Waals surface area contributed by atoms with Crippen molar-refractivity contribution in [3.8, 4) is 22.6 Å². The van der Waals surface area contributed by atoms with E-state index in [-0.39, 0.29) is 5.82 Å². The first-order valence-electron chi connectivity index (χ1n) is 8.61. The maximum atomic E-state index is 12.7. The molecule has 0 N–H and O–H groups in total. The van der Waals surface area contributed by atoms with E-state index in [9.17, 15) is 13.2 Å². The first kappa shape index (κ1) is 20.5. The summed E-state index contributed by atoms with van der Waals surface area (Å²) in [6.07, 6.45) is -4.38. The molecule has 0 radical (unpaired) electrons. The van der Waals surface area contributed by atoms with E-state index in [4.69, 9.17) is 4.52 Å². The zero-order valence-corrected chi connectivity index (χ0v) is 17.5. The lowest BCUT2D eigenvalue weighted by atomic mass is 10.1. The summed E-state index contributed by atoms with van der Waals surface area (Å²) in [6, 6.07) is 16.1. The standard InChI is InChI=1S/C20H12BrF3N4OS/c21-15-3-1-2-13(10-15)16-8-9-18(27-26-16)30-11-17-25-19(28-29-17)12-4-6-14(7-5-12)20(22,23)24/h1-10H,11H2. The molecule has 10 heteroatoms. The number of nitrogens with zero attached hydrogens (tertiary/aromatic N) is 4. The number of benzene rings is 2. The van der Waals surface area contributed by atoms with Crippen molar-refractivity contribution in [1.82, 2.24) is 20.3 Å². The molecular formula is C20H12BrF3N4OS. The van der Waals surface area contributed by atoms with E-state index >= 15 is 0 Å². The minimum atomic E-state index is -4.38. The Labute approximate surface area is 181 Å². The van der Waals surface area contributed by atoms with Gasteiger partial charge >= 0.3 is 6.18 Å². The van der Waals surface area contributed by atoms with E-state index in [0.717, 1.165) is 27.9 Å². The van der Waals surface area contributed by atoms with Gasteiger partial charge in [0.05, 0.1) is 17.0 Å². The Morgan fingerprint density at radius 3 is 2.40 bits per heavy atom. The highest BCUT2D eigenvalue weighted by atomic mass is 79.9. The molecule has 0 aliphatic rings. The van der Waals surface area contributed by atoms with Crippen molar-refractivity contribution in [3.63, 3.8) is 0 Å². The van der Waals surface area contributed by atoms with Gasteiger partial charge in [0.25, 0.3) is 0 Å². The van der Waals surface area contributed by atoms with Crippen LogP contribution in [0.4, 0.5) is 13.2 Å². The lowest BCUT2D eigenvalue weighted by Crippen LogP contribution is -2.04. The number of hydrogen-bond donors (Lipinski definition) is 0. The van der Waals surface area contributed by atoms with Gasteiger partial charge in [0.2, 0.25) is 11.7 Å². The maximum absolute atomic E-state index is 12.7. The van der Waals surface area contributed by atoms with E-state index in [2.05, 4.69) is 36.3 Å². The summed E-state index contributed by atoms with van der Waals surface area (Å²) in [7, 11) is 0. The van der Waals surface area contributed by atoms with Gasteiger partial charge < -0.3 is 4.52 Å². The van der Waals surface area contributed by atoms with E-state index in [1.54, 1.807) is 0 Å². The van der Waals surface area contributed by atoms with Crippen LogP contribution < -0.4 is 0 Å². The van der Waals surface area contributed by atoms with Crippen LogP contribution >= 0.6 is 27.7 Å². The van der Waals surface area contributed by atoms with Crippen molar-refractivity contribution in [1.29, 1.82) is 0 Å². The lowest BCUT2D eigenvalue weighted by Gasteiger charge is -2.05. The van der Waals surface area contributed by atoms with Crippen LogP contribution in [-0.2, 0) is 11.9 Å². The van der Waals surface area contributed by atoms with Crippen LogP contribution in [0.2, 0.25) is 0 Å². The van der Waals surface area contributed by atoms with Gasteiger partial charge in [0, 0.05) is 15.6 Å². The molecule has 0 fully saturated rings. The van der Waals surface area contributed by atoms with E-state index in [0.29, 0.717) is 22.2 Å². The molecule has 2 aromatic heterocycles. The summed E-state index contributed by atoms with van der Waals surface area (Å²) in [5.74, 6) is 0.932. The minimum Gasteiger partial charge on any atom is -0.338 e. The largest absolute Gasteiger partial charge is 0.416 e. The SMILES string of the molecule is FC(F)(F)c1ccc(-c2noc(CSc3ccc(-c4cccc(Br)c4)nn3)n2)cc1. The van der Waals surface area contributed by atoms with Gasteiger partial charge in [-0.1, -0.05) is 57.1 Å². The summed E-state index contributed by atoms with van der Waals surface area (Å²) >= 11 is 4.80. The lowest BCUT2D eigenvalue weighted by molar-refractivity contribution is -0.137. The Morgan fingerprint density at radius 1 is 0.933 bits per heavy atom. The highest BCUT2D eigenvalue weighted by molar-refractivity contribution is 9.10. The summed E-state index contributed by atoms with van der Waals surface area (Å²) in [4.78, 5) is 4.23. The van der Waals surface area contributed by atoms with E-state index in [1.165, 1.54) is 23.9 Å². The van der Waals surface area contributed by atoms with Crippen LogP contribution in [0.1, 0.15) is 11.5 Å². The number of hydrogen-bond acceptors (Lipinski definition) is 6. The molecule has 0 bridgehead atoms. The summed E-state index contributed by atoms with van der Waals surface area (Å²) in [5.41, 5.74) is 1.42. The number of rotatable bonds is 5. The third-order valence-electron chi connectivity index (χ3n) is 4.04. The van der Waals surface area contributed by atoms with E-state index in [1.807, 2.05) is 36.4 Å². The highest BCUT2D eigenvalue weighted by Gasteiger charge is 2.30. The molecule has 152 valence electrons. The van der Waals surface area contributed by atoms with Crippen molar-refractivity contribution >= 4 is 27.7 Å². The van der Waals surface area contributed by atoms with Gasteiger partial charge in [-0.2, -0.15) is 18.2 Å². The Bertz CT molecular complexity index is 1150. The maximum Gasteiger partial charge on any atom is 0.416 e. The minimum absolute atomic E-state index is 0.232. The molecular weight excluding hydrogens is 481 g/mol. The number of halogens is 4. The van der Waals surface area contributed by atoms with E-state index < -0.39 is 11.7 Å². The predicted octanol–water partition coefficient (Wildman–Crippen LogP) is 6.27. The van der Waals surface area contributed by atoms with Crippen LogP contribution in [-0.4, -0.2) is 20.3 Å². The molecule has 0 aliphatic heterocycles.